The van der Waals surface area contributed by atoms with Crippen molar-refractivity contribution in [1.82, 2.24) is 29.4 Å². The van der Waals surface area contributed by atoms with Gasteiger partial charge in [-0.15, -0.1) is 11.3 Å². The van der Waals surface area contributed by atoms with E-state index < -0.39 is 51.9 Å². The van der Waals surface area contributed by atoms with E-state index in [2.05, 4.69) is 25.5 Å². The first-order chi connectivity index (χ1) is 19.5. The molecule has 2 amide bonds. The number of rotatable bonds is 5. The highest BCUT2D eigenvalue weighted by Crippen LogP contribution is 2.44. The third-order valence-corrected chi connectivity index (χ3v) is 7.59. The van der Waals surface area contributed by atoms with Crippen molar-refractivity contribution in [1.29, 1.82) is 0 Å². The van der Waals surface area contributed by atoms with Crippen LogP contribution in [0.2, 0.25) is 5.02 Å². The van der Waals surface area contributed by atoms with Crippen molar-refractivity contribution < 1.29 is 35.9 Å². The number of hydrogen-bond acceptors (Lipinski definition) is 7. The SMILES string of the molecule is CCn1cc(-c2cc(C(F)(F)F)nc3sc(C(N)=O)c(NC(=O)c4nn5c(C(F)(F)F)cc(C)nc5c4Cl)c23)c(C)n1. The molecule has 0 aliphatic rings. The summed E-state index contributed by atoms with van der Waals surface area (Å²) >= 11 is 6.73. The second-order valence-corrected chi connectivity index (χ2v) is 10.4. The maximum atomic E-state index is 13.8. The van der Waals surface area contributed by atoms with Crippen LogP contribution in [0.3, 0.4) is 0 Å². The molecule has 0 spiro atoms. The van der Waals surface area contributed by atoms with E-state index in [1.165, 1.54) is 17.8 Å². The van der Waals surface area contributed by atoms with Gasteiger partial charge in [-0.2, -0.15) is 36.5 Å². The number of primary amides is 1. The zero-order valence-corrected chi connectivity index (χ0v) is 23.1. The summed E-state index contributed by atoms with van der Waals surface area (Å²) in [6.45, 7) is 5.01. The molecular weight excluding hydrogens is 614 g/mol. The molecule has 220 valence electrons. The minimum atomic E-state index is -4.88. The Kier molecular flexibility index (Phi) is 6.92. The van der Waals surface area contributed by atoms with Crippen molar-refractivity contribution in [3.05, 3.63) is 56.7 Å². The molecule has 10 nitrogen and oxygen atoms in total. The lowest BCUT2D eigenvalue weighted by Gasteiger charge is -2.11. The Morgan fingerprint density at radius 1 is 1.05 bits per heavy atom. The highest BCUT2D eigenvalue weighted by Gasteiger charge is 2.38. The van der Waals surface area contributed by atoms with E-state index in [-0.39, 0.29) is 37.6 Å². The quantitative estimate of drug-likeness (QED) is 0.233. The van der Waals surface area contributed by atoms with Gasteiger partial charge in [-0.1, -0.05) is 11.6 Å². The van der Waals surface area contributed by atoms with Crippen molar-refractivity contribution in [2.75, 3.05) is 5.32 Å². The summed E-state index contributed by atoms with van der Waals surface area (Å²) in [5, 5.41) is 9.74. The molecule has 5 rings (SSSR count). The predicted octanol–water partition coefficient (Wildman–Crippen LogP) is 5.88. The second kappa shape index (κ2) is 9.94. The van der Waals surface area contributed by atoms with Crippen molar-refractivity contribution >= 4 is 56.3 Å². The smallest absolute Gasteiger partial charge is 0.365 e. The molecule has 0 bridgehead atoms. The maximum absolute atomic E-state index is 13.8. The number of aryl methyl sites for hydroxylation is 3. The summed E-state index contributed by atoms with van der Waals surface area (Å²) in [6.07, 6.45) is -8.26. The Morgan fingerprint density at radius 3 is 2.31 bits per heavy atom. The highest BCUT2D eigenvalue weighted by molar-refractivity contribution is 7.21. The number of anilines is 1. The monoisotopic (exact) mass is 630 g/mol. The summed E-state index contributed by atoms with van der Waals surface area (Å²) in [5.74, 6) is -2.28. The van der Waals surface area contributed by atoms with Gasteiger partial charge < -0.3 is 11.1 Å². The number of hydrogen-bond donors (Lipinski definition) is 2. The van der Waals surface area contributed by atoms with Crippen LogP contribution in [0, 0.1) is 13.8 Å². The van der Waals surface area contributed by atoms with Gasteiger partial charge in [0.25, 0.3) is 11.8 Å². The first-order valence-electron chi connectivity index (χ1n) is 11.8. The molecule has 0 aromatic carbocycles. The normalized spacial score (nSPS) is 12.4. The van der Waals surface area contributed by atoms with E-state index in [4.69, 9.17) is 17.3 Å². The van der Waals surface area contributed by atoms with Gasteiger partial charge in [-0.3, -0.25) is 14.3 Å². The number of thiophene rings is 1. The fourth-order valence-electron chi connectivity index (χ4n) is 4.33. The molecule has 0 saturated carbocycles. The van der Waals surface area contributed by atoms with Gasteiger partial charge >= 0.3 is 12.4 Å². The molecule has 0 unspecified atom stereocenters. The van der Waals surface area contributed by atoms with Gasteiger partial charge in [0.1, 0.15) is 26.1 Å². The number of halogens is 7. The van der Waals surface area contributed by atoms with Gasteiger partial charge in [0.15, 0.2) is 11.3 Å². The van der Waals surface area contributed by atoms with Gasteiger partial charge in [0.2, 0.25) is 0 Å². The number of carbonyl (C=O) groups is 2. The molecule has 42 heavy (non-hydrogen) atoms. The van der Waals surface area contributed by atoms with Crippen LogP contribution in [0.1, 0.15) is 49.9 Å². The van der Waals surface area contributed by atoms with E-state index in [9.17, 15) is 35.9 Å². The van der Waals surface area contributed by atoms with Gasteiger partial charge in [-0.05, 0) is 38.5 Å². The van der Waals surface area contributed by atoms with Crippen LogP contribution < -0.4 is 11.1 Å². The molecule has 0 aliphatic carbocycles. The molecule has 0 saturated heterocycles. The lowest BCUT2D eigenvalue weighted by Crippen LogP contribution is -2.18. The number of fused-ring (bicyclic) bond motifs is 2. The van der Waals surface area contributed by atoms with Gasteiger partial charge in [-0.25, -0.2) is 14.5 Å². The summed E-state index contributed by atoms with van der Waals surface area (Å²) in [6, 6.07) is 1.46. The molecule has 5 aromatic rings. The van der Waals surface area contributed by atoms with Crippen molar-refractivity contribution in [3.8, 4) is 11.1 Å². The van der Waals surface area contributed by atoms with Crippen molar-refractivity contribution in [2.24, 2.45) is 5.73 Å². The fourth-order valence-corrected chi connectivity index (χ4v) is 5.58. The van der Waals surface area contributed by atoms with Crippen LogP contribution >= 0.6 is 22.9 Å². The van der Waals surface area contributed by atoms with E-state index >= 15 is 0 Å². The number of nitrogens with zero attached hydrogens (tertiary/aromatic N) is 6. The molecule has 0 fully saturated rings. The van der Waals surface area contributed by atoms with Crippen molar-refractivity contribution in [2.45, 2.75) is 39.7 Å². The van der Waals surface area contributed by atoms with E-state index in [1.807, 2.05) is 0 Å². The number of alkyl halides is 6. The Balaban J connectivity index is 1.75. The Bertz CT molecular complexity index is 1920. The summed E-state index contributed by atoms with van der Waals surface area (Å²) < 4.78 is 84.3. The van der Waals surface area contributed by atoms with E-state index in [1.54, 1.807) is 13.8 Å². The summed E-state index contributed by atoms with van der Waals surface area (Å²) in [5.41, 5.74) is 1.99. The third kappa shape index (κ3) is 4.91. The first kappa shape index (κ1) is 29.2. The standard InChI is InChI=1S/C24H17ClF6N8O2S/c1-4-38-7-11(9(3)36-38)10-6-12(23(26,27)28)34-22-14(10)16(18(42-22)19(32)40)35-21(41)17-15(25)20-33-8(2)5-13(24(29,30)31)39(20)37-17/h5-7H,4H2,1-3H3,(H2,32,40)(H,35,41). The first-order valence-corrected chi connectivity index (χ1v) is 13.0. The zero-order chi connectivity index (χ0) is 30.9. The number of nitrogens with two attached hydrogens (primary N) is 1. The van der Waals surface area contributed by atoms with Crippen LogP contribution in [0.15, 0.2) is 18.3 Å². The molecule has 0 radical (unpaired) electrons. The molecule has 18 heteroatoms. The molecule has 3 N–H and O–H groups in total. The average Bonchev–Trinajstić information content (AvgIpc) is 3.55. The van der Waals surface area contributed by atoms with Crippen molar-refractivity contribution in [3.63, 3.8) is 0 Å². The number of pyridine rings is 1. The minimum absolute atomic E-state index is 0.0531. The third-order valence-electron chi connectivity index (χ3n) is 6.14. The Morgan fingerprint density at radius 2 is 1.74 bits per heavy atom. The molecule has 5 heterocycles. The molecular formula is C24H17ClF6N8O2S. The second-order valence-electron chi connectivity index (χ2n) is 9.02. The zero-order valence-electron chi connectivity index (χ0n) is 21.6. The Labute approximate surface area is 240 Å². The highest BCUT2D eigenvalue weighted by atomic mass is 35.5. The fraction of sp³-hybridized carbons (Fsp3) is 0.250. The van der Waals surface area contributed by atoms with Gasteiger partial charge in [0.05, 0.1) is 11.4 Å². The number of nitrogens with one attached hydrogen (secondary N) is 1. The summed E-state index contributed by atoms with van der Waals surface area (Å²) in [7, 11) is 0. The van der Waals surface area contributed by atoms with E-state index in [0.717, 1.165) is 6.07 Å². The largest absolute Gasteiger partial charge is 0.433 e. The molecule has 5 aromatic heterocycles. The summed E-state index contributed by atoms with van der Waals surface area (Å²) in [4.78, 5) is 32.8. The van der Waals surface area contributed by atoms with E-state index in [0.29, 0.717) is 34.2 Å². The van der Waals surface area contributed by atoms with Crippen LogP contribution in [-0.4, -0.2) is 41.2 Å². The average molecular weight is 631 g/mol. The molecule has 0 atom stereocenters. The predicted molar refractivity (Wildman–Crippen MR) is 140 cm³/mol. The van der Waals surface area contributed by atoms with Crippen LogP contribution in [0.25, 0.3) is 27.0 Å². The number of amides is 2. The number of aromatic nitrogens is 6. The molecule has 0 aliphatic heterocycles. The maximum Gasteiger partial charge on any atom is 0.433 e. The van der Waals surface area contributed by atoms with Gasteiger partial charge in [0, 0.05) is 29.4 Å². The minimum Gasteiger partial charge on any atom is -0.365 e. The van der Waals surface area contributed by atoms with Crippen LogP contribution in [0.5, 0.6) is 0 Å². The lowest BCUT2D eigenvalue weighted by atomic mass is 10.0. The topological polar surface area (TPSA) is 133 Å². The Hall–Kier alpha value is -4.25. The lowest BCUT2D eigenvalue weighted by molar-refractivity contribution is -0.143. The van der Waals surface area contributed by atoms with Crippen LogP contribution in [-0.2, 0) is 18.9 Å². The van der Waals surface area contributed by atoms with Crippen LogP contribution in [0.4, 0.5) is 32.0 Å². The number of carbonyl (C=O) groups excluding carboxylic acids is 2.